The summed E-state index contributed by atoms with van der Waals surface area (Å²) in [4.78, 5) is 12.2. The second-order valence-corrected chi connectivity index (χ2v) is 4.56. The lowest BCUT2D eigenvalue weighted by Gasteiger charge is -2.34. The van der Waals surface area contributed by atoms with Crippen LogP contribution in [0.25, 0.3) is 0 Å². The van der Waals surface area contributed by atoms with E-state index in [0.717, 1.165) is 32.4 Å². The zero-order valence-electron chi connectivity index (χ0n) is 10.2. The molecule has 1 aromatic rings. The maximum Gasteiger partial charge on any atom is 0.389 e. The van der Waals surface area contributed by atoms with Gasteiger partial charge in [0.05, 0.1) is 30.5 Å². The highest BCUT2D eigenvalue weighted by Crippen LogP contribution is 2.16. The first-order valence-electron chi connectivity index (χ1n) is 6.23. The number of piperidine rings is 1. The summed E-state index contributed by atoms with van der Waals surface area (Å²) < 4.78 is 1.58. The van der Waals surface area contributed by atoms with Crippen LogP contribution in [0.5, 0.6) is 0 Å². The number of aliphatic hydroxyl groups is 1. The molecule has 1 aliphatic heterocycles. The van der Waals surface area contributed by atoms with Gasteiger partial charge in [0, 0.05) is 12.6 Å². The Morgan fingerprint density at radius 1 is 1.50 bits per heavy atom. The van der Waals surface area contributed by atoms with Gasteiger partial charge in [-0.2, -0.15) is 4.68 Å². The fraction of sp³-hybridized carbons (Fsp3) is 0.727. The van der Waals surface area contributed by atoms with Gasteiger partial charge < -0.3 is 15.2 Å². The van der Waals surface area contributed by atoms with Crippen LogP contribution in [0.1, 0.15) is 19.3 Å². The molecule has 1 fully saturated rings. The number of rotatable bonds is 5. The SMILES string of the molecule is O=[N+]([O-])c1ccn(CCN2CCCC[C@@H]2CO)n1. The summed E-state index contributed by atoms with van der Waals surface area (Å²) >= 11 is 0. The molecule has 18 heavy (non-hydrogen) atoms. The van der Waals surface area contributed by atoms with Crippen molar-refractivity contribution in [2.45, 2.75) is 31.8 Å². The fourth-order valence-electron chi connectivity index (χ4n) is 2.36. The second kappa shape index (κ2) is 5.92. The van der Waals surface area contributed by atoms with E-state index in [2.05, 4.69) is 10.00 Å². The van der Waals surface area contributed by atoms with Crippen molar-refractivity contribution in [1.82, 2.24) is 14.7 Å². The minimum absolute atomic E-state index is 0.118. The van der Waals surface area contributed by atoms with Crippen LogP contribution in [0.15, 0.2) is 12.3 Å². The predicted molar refractivity (Wildman–Crippen MR) is 65.2 cm³/mol. The van der Waals surface area contributed by atoms with E-state index in [9.17, 15) is 15.2 Å². The molecular weight excluding hydrogens is 236 g/mol. The van der Waals surface area contributed by atoms with Gasteiger partial charge >= 0.3 is 5.82 Å². The first kappa shape index (κ1) is 13.0. The molecule has 0 aliphatic carbocycles. The van der Waals surface area contributed by atoms with E-state index in [1.165, 1.54) is 6.07 Å². The Morgan fingerprint density at radius 2 is 2.33 bits per heavy atom. The summed E-state index contributed by atoms with van der Waals surface area (Å²) in [5.74, 6) is -0.118. The minimum Gasteiger partial charge on any atom is -0.395 e. The zero-order chi connectivity index (χ0) is 13.0. The Hall–Kier alpha value is -1.47. The van der Waals surface area contributed by atoms with Crippen LogP contribution in [0, 0.1) is 10.1 Å². The summed E-state index contributed by atoms with van der Waals surface area (Å²) in [5.41, 5.74) is 0. The quantitative estimate of drug-likeness (QED) is 0.615. The fourth-order valence-corrected chi connectivity index (χ4v) is 2.36. The first-order valence-corrected chi connectivity index (χ1v) is 6.23. The van der Waals surface area contributed by atoms with Crippen molar-refractivity contribution in [3.8, 4) is 0 Å². The topological polar surface area (TPSA) is 84.4 Å². The van der Waals surface area contributed by atoms with Gasteiger partial charge in [-0.3, -0.25) is 4.90 Å². The van der Waals surface area contributed by atoms with Crippen molar-refractivity contribution in [2.24, 2.45) is 0 Å². The van der Waals surface area contributed by atoms with Crippen LogP contribution < -0.4 is 0 Å². The average Bonchev–Trinajstić information content (AvgIpc) is 2.85. The Labute approximate surface area is 105 Å². The molecule has 0 bridgehead atoms. The van der Waals surface area contributed by atoms with Crippen LogP contribution in [-0.4, -0.2) is 50.4 Å². The number of hydrogen-bond acceptors (Lipinski definition) is 5. The lowest BCUT2D eigenvalue weighted by atomic mass is 10.0. The van der Waals surface area contributed by atoms with Crippen molar-refractivity contribution in [2.75, 3.05) is 19.7 Å². The minimum atomic E-state index is -0.492. The normalized spacial score (nSPS) is 21.1. The number of nitro groups is 1. The highest BCUT2D eigenvalue weighted by molar-refractivity contribution is 5.13. The molecule has 2 rings (SSSR count). The van der Waals surface area contributed by atoms with Gasteiger partial charge in [-0.25, -0.2) is 0 Å². The first-order chi connectivity index (χ1) is 8.70. The maximum atomic E-state index is 10.5. The summed E-state index contributed by atoms with van der Waals surface area (Å²) in [5, 5.41) is 23.7. The molecule has 0 aromatic carbocycles. The highest BCUT2D eigenvalue weighted by Gasteiger charge is 2.21. The van der Waals surface area contributed by atoms with E-state index in [1.807, 2.05) is 0 Å². The maximum absolute atomic E-state index is 10.5. The second-order valence-electron chi connectivity index (χ2n) is 4.56. The molecule has 0 radical (unpaired) electrons. The van der Waals surface area contributed by atoms with Gasteiger partial charge in [0.25, 0.3) is 0 Å². The largest absolute Gasteiger partial charge is 0.395 e. The van der Waals surface area contributed by atoms with Gasteiger partial charge in [-0.15, -0.1) is 0 Å². The van der Waals surface area contributed by atoms with Crippen LogP contribution in [-0.2, 0) is 6.54 Å². The van der Waals surface area contributed by atoms with Crippen molar-refractivity contribution in [3.63, 3.8) is 0 Å². The van der Waals surface area contributed by atoms with E-state index in [1.54, 1.807) is 10.9 Å². The molecule has 1 aromatic heterocycles. The lowest BCUT2D eigenvalue weighted by Crippen LogP contribution is -2.43. The van der Waals surface area contributed by atoms with Gasteiger partial charge in [-0.1, -0.05) is 6.42 Å². The van der Waals surface area contributed by atoms with Crippen molar-refractivity contribution < 1.29 is 10.0 Å². The van der Waals surface area contributed by atoms with Gasteiger partial charge in [-0.05, 0) is 24.3 Å². The monoisotopic (exact) mass is 254 g/mol. The molecule has 7 nitrogen and oxygen atoms in total. The van der Waals surface area contributed by atoms with Gasteiger partial charge in [0.15, 0.2) is 0 Å². The van der Waals surface area contributed by atoms with E-state index in [4.69, 9.17) is 0 Å². The Morgan fingerprint density at radius 3 is 3.00 bits per heavy atom. The molecule has 0 spiro atoms. The third kappa shape index (κ3) is 3.05. The molecule has 0 amide bonds. The van der Waals surface area contributed by atoms with E-state index >= 15 is 0 Å². The van der Waals surface area contributed by atoms with E-state index in [0.29, 0.717) is 6.54 Å². The van der Waals surface area contributed by atoms with Crippen molar-refractivity contribution >= 4 is 5.82 Å². The van der Waals surface area contributed by atoms with Crippen LogP contribution in [0.2, 0.25) is 0 Å². The number of aliphatic hydroxyl groups excluding tert-OH is 1. The molecule has 1 aliphatic rings. The summed E-state index contributed by atoms with van der Waals surface area (Å²) in [6.45, 7) is 2.54. The van der Waals surface area contributed by atoms with E-state index in [-0.39, 0.29) is 18.5 Å². The molecule has 0 unspecified atom stereocenters. The third-order valence-electron chi connectivity index (χ3n) is 3.39. The average molecular weight is 254 g/mol. The highest BCUT2D eigenvalue weighted by atomic mass is 16.6. The van der Waals surface area contributed by atoms with Crippen LogP contribution >= 0.6 is 0 Å². The van der Waals surface area contributed by atoms with Crippen LogP contribution in [0.3, 0.4) is 0 Å². The predicted octanol–water partition coefficient (Wildman–Crippen LogP) is 0.638. The van der Waals surface area contributed by atoms with Crippen molar-refractivity contribution in [3.05, 3.63) is 22.4 Å². The lowest BCUT2D eigenvalue weighted by molar-refractivity contribution is -0.389. The Balaban J connectivity index is 1.87. The Kier molecular flexibility index (Phi) is 4.27. The number of aromatic nitrogens is 2. The van der Waals surface area contributed by atoms with E-state index < -0.39 is 4.92 Å². The Bertz CT molecular complexity index is 407. The number of likely N-dealkylation sites (tertiary alicyclic amines) is 1. The zero-order valence-corrected chi connectivity index (χ0v) is 10.2. The molecule has 7 heteroatoms. The standard InChI is InChI=1S/C11H18N4O3/c16-9-10-3-1-2-5-13(10)7-8-14-6-4-11(12-14)15(17)18/h4,6,10,16H,1-3,5,7-9H2/t10-/m1/s1. The van der Waals surface area contributed by atoms with Gasteiger partial charge in [0.2, 0.25) is 0 Å². The van der Waals surface area contributed by atoms with Crippen molar-refractivity contribution in [1.29, 1.82) is 0 Å². The van der Waals surface area contributed by atoms with Gasteiger partial charge in [0.1, 0.15) is 0 Å². The number of nitrogens with zero attached hydrogens (tertiary/aromatic N) is 4. The molecule has 1 N–H and O–H groups in total. The molecular formula is C11H18N4O3. The summed E-state index contributed by atoms with van der Waals surface area (Å²) in [6, 6.07) is 1.63. The molecule has 1 atom stereocenters. The molecule has 0 saturated carbocycles. The molecule has 2 heterocycles. The molecule has 100 valence electrons. The molecule has 1 saturated heterocycles. The van der Waals surface area contributed by atoms with Crippen LogP contribution in [0.4, 0.5) is 5.82 Å². The number of hydrogen-bond donors (Lipinski definition) is 1. The summed E-state index contributed by atoms with van der Waals surface area (Å²) in [7, 11) is 0. The smallest absolute Gasteiger partial charge is 0.389 e. The third-order valence-corrected chi connectivity index (χ3v) is 3.39. The summed E-state index contributed by atoms with van der Waals surface area (Å²) in [6.07, 6.45) is 4.95.